The van der Waals surface area contributed by atoms with Gasteiger partial charge in [-0.2, -0.15) is 0 Å². The van der Waals surface area contributed by atoms with E-state index in [0.29, 0.717) is 25.3 Å². The number of carbonyl (C=O) groups is 2. The molecule has 11 heteroatoms. The lowest BCUT2D eigenvalue weighted by Crippen LogP contribution is -2.20. The van der Waals surface area contributed by atoms with Crippen molar-refractivity contribution in [3.05, 3.63) is 58.1 Å². The summed E-state index contributed by atoms with van der Waals surface area (Å²) in [7, 11) is 0. The van der Waals surface area contributed by atoms with Crippen LogP contribution in [0.1, 0.15) is 5.56 Å². The minimum atomic E-state index is -0.411. The van der Waals surface area contributed by atoms with E-state index in [1.54, 1.807) is 12.1 Å². The van der Waals surface area contributed by atoms with Gasteiger partial charge in [0.05, 0.1) is 10.8 Å². The Kier molecular flexibility index (Phi) is 7.92. The highest BCUT2D eigenvalue weighted by molar-refractivity contribution is 8.01. The van der Waals surface area contributed by atoms with Crippen LogP contribution in [0.4, 0.5) is 10.8 Å². The third kappa shape index (κ3) is 6.60. The molecule has 0 spiro atoms. The summed E-state index contributed by atoms with van der Waals surface area (Å²) < 4.78 is 5.94. The van der Waals surface area contributed by atoms with Gasteiger partial charge in [-0.25, -0.2) is 0 Å². The van der Waals surface area contributed by atoms with Gasteiger partial charge in [0.15, 0.2) is 10.9 Å². The van der Waals surface area contributed by atoms with Gasteiger partial charge in [-0.15, -0.1) is 10.2 Å². The number of rotatable bonds is 8. The molecular weight excluding hydrogens is 467 g/mol. The molecule has 0 aliphatic rings. The monoisotopic (exact) mass is 482 g/mol. The van der Waals surface area contributed by atoms with Crippen LogP contribution in [0.15, 0.2) is 46.8 Å². The first kappa shape index (κ1) is 22.4. The number of hydrogen-bond donors (Lipinski definition) is 2. The van der Waals surface area contributed by atoms with Gasteiger partial charge in [-0.3, -0.25) is 14.9 Å². The fraction of sp³-hybridized carbons (Fsp3) is 0.158. The molecule has 3 rings (SSSR count). The molecule has 2 amide bonds. The van der Waals surface area contributed by atoms with Gasteiger partial charge in [0.25, 0.3) is 5.91 Å². The first-order valence-corrected chi connectivity index (χ1v) is 11.2. The number of para-hydroxylation sites is 1. The lowest BCUT2D eigenvalue weighted by molar-refractivity contribution is -0.118. The first-order valence-electron chi connectivity index (χ1n) is 8.60. The van der Waals surface area contributed by atoms with Crippen molar-refractivity contribution in [2.24, 2.45) is 0 Å². The van der Waals surface area contributed by atoms with Crippen LogP contribution in [0.5, 0.6) is 5.75 Å². The van der Waals surface area contributed by atoms with E-state index in [9.17, 15) is 9.59 Å². The minimum absolute atomic E-state index is 0.150. The third-order valence-corrected chi connectivity index (χ3v) is 6.15. The average molecular weight is 483 g/mol. The molecule has 2 aromatic carbocycles. The smallest absolute Gasteiger partial charge is 0.264 e. The fourth-order valence-electron chi connectivity index (χ4n) is 2.24. The molecule has 0 radical (unpaired) electrons. The molecule has 1 aromatic heterocycles. The highest BCUT2D eigenvalue weighted by Gasteiger charge is 2.12. The molecule has 1 heterocycles. The van der Waals surface area contributed by atoms with E-state index in [-0.39, 0.29) is 18.3 Å². The molecule has 2 N–H and O–H groups in total. The zero-order chi connectivity index (χ0) is 21.5. The van der Waals surface area contributed by atoms with E-state index in [0.717, 1.165) is 11.3 Å². The minimum Gasteiger partial charge on any atom is -0.482 e. The molecule has 0 aliphatic carbocycles. The Morgan fingerprint density at radius 2 is 1.90 bits per heavy atom. The molecule has 156 valence electrons. The van der Waals surface area contributed by atoms with Gasteiger partial charge in [-0.1, -0.05) is 64.5 Å². The number of amides is 2. The van der Waals surface area contributed by atoms with Gasteiger partial charge >= 0.3 is 0 Å². The summed E-state index contributed by atoms with van der Waals surface area (Å²) in [6.45, 7) is 1.68. The van der Waals surface area contributed by atoms with Gasteiger partial charge in [0.2, 0.25) is 11.0 Å². The van der Waals surface area contributed by atoms with E-state index in [1.165, 1.54) is 29.2 Å². The summed E-state index contributed by atoms with van der Waals surface area (Å²) in [6.07, 6.45) is 0. The van der Waals surface area contributed by atoms with Gasteiger partial charge in [-0.05, 0) is 36.8 Å². The molecule has 0 saturated carbocycles. The number of halogens is 2. The van der Waals surface area contributed by atoms with Crippen molar-refractivity contribution in [3.8, 4) is 5.75 Å². The number of aryl methyl sites for hydroxylation is 1. The summed E-state index contributed by atoms with van der Waals surface area (Å²) in [5.74, 6) is -0.0338. The third-order valence-electron chi connectivity index (χ3n) is 3.65. The average Bonchev–Trinajstić information content (AvgIpc) is 3.15. The zero-order valence-electron chi connectivity index (χ0n) is 15.6. The molecule has 0 atom stereocenters. The SMILES string of the molecule is Cc1ccccc1NC(=O)CSc1nnc(NC(=O)COc2ccc(Cl)cc2Cl)s1. The van der Waals surface area contributed by atoms with Crippen LogP contribution >= 0.6 is 46.3 Å². The molecule has 30 heavy (non-hydrogen) atoms. The standard InChI is InChI=1S/C19H16Cl2N4O3S2/c1-11-4-2-3-5-14(11)22-17(27)10-29-19-25-24-18(30-19)23-16(26)9-28-15-7-6-12(20)8-13(15)21/h2-8H,9-10H2,1H3,(H,22,27)(H,23,24,26). The second-order valence-corrected chi connectivity index (χ2v) is 8.98. The molecular formula is C19H16Cl2N4O3S2. The lowest BCUT2D eigenvalue weighted by atomic mass is 10.2. The van der Waals surface area contributed by atoms with Gasteiger partial charge < -0.3 is 10.1 Å². The first-order chi connectivity index (χ1) is 14.4. The number of carbonyl (C=O) groups excluding carboxylic acids is 2. The molecule has 0 fully saturated rings. The van der Waals surface area contributed by atoms with Crippen LogP contribution in [-0.2, 0) is 9.59 Å². The Labute approximate surface area is 191 Å². The van der Waals surface area contributed by atoms with Crippen molar-refractivity contribution in [3.63, 3.8) is 0 Å². The molecule has 3 aromatic rings. The summed E-state index contributed by atoms with van der Waals surface area (Å²) >= 11 is 14.2. The highest BCUT2D eigenvalue weighted by Crippen LogP contribution is 2.28. The predicted molar refractivity (Wildman–Crippen MR) is 121 cm³/mol. The zero-order valence-corrected chi connectivity index (χ0v) is 18.8. The normalized spacial score (nSPS) is 10.5. The van der Waals surface area contributed by atoms with E-state index >= 15 is 0 Å². The van der Waals surface area contributed by atoms with Crippen molar-refractivity contribution >= 4 is 68.9 Å². The van der Waals surface area contributed by atoms with E-state index in [1.807, 2.05) is 31.2 Å². The number of benzene rings is 2. The fourth-order valence-corrected chi connectivity index (χ4v) is 4.27. The Morgan fingerprint density at radius 3 is 2.67 bits per heavy atom. The van der Waals surface area contributed by atoms with Crippen molar-refractivity contribution in [1.29, 1.82) is 0 Å². The molecule has 0 bridgehead atoms. The largest absolute Gasteiger partial charge is 0.482 e. The second-order valence-electron chi connectivity index (χ2n) is 5.94. The van der Waals surface area contributed by atoms with Crippen molar-refractivity contribution in [2.75, 3.05) is 23.0 Å². The maximum absolute atomic E-state index is 12.1. The van der Waals surface area contributed by atoms with E-state index < -0.39 is 5.91 Å². The van der Waals surface area contributed by atoms with Crippen LogP contribution in [0.25, 0.3) is 0 Å². The van der Waals surface area contributed by atoms with E-state index in [4.69, 9.17) is 27.9 Å². The Bertz CT molecular complexity index is 1060. The van der Waals surface area contributed by atoms with Crippen molar-refractivity contribution in [1.82, 2.24) is 10.2 Å². The number of hydrogen-bond acceptors (Lipinski definition) is 7. The van der Waals surface area contributed by atoms with Crippen LogP contribution in [-0.4, -0.2) is 34.4 Å². The molecule has 0 unspecified atom stereocenters. The molecule has 0 saturated heterocycles. The summed E-state index contributed by atoms with van der Waals surface area (Å²) in [4.78, 5) is 24.1. The number of aromatic nitrogens is 2. The van der Waals surface area contributed by atoms with Crippen LogP contribution in [0.2, 0.25) is 10.0 Å². The number of anilines is 2. The lowest BCUT2D eigenvalue weighted by Gasteiger charge is -2.07. The Hall–Kier alpha value is -2.33. The summed E-state index contributed by atoms with van der Waals surface area (Å²) in [5.41, 5.74) is 1.76. The second kappa shape index (κ2) is 10.6. The topological polar surface area (TPSA) is 93.2 Å². The van der Waals surface area contributed by atoms with Crippen LogP contribution < -0.4 is 15.4 Å². The maximum Gasteiger partial charge on any atom is 0.264 e. The molecule has 7 nitrogen and oxygen atoms in total. The van der Waals surface area contributed by atoms with Crippen molar-refractivity contribution in [2.45, 2.75) is 11.3 Å². The predicted octanol–water partition coefficient (Wildman–Crippen LogP) is 4.90. The van der Waals surface area contributed by atoms with Gasteiger partial charge in [0.1, 0.15) is 5.75 Å². The Morgan fingerprint density at radius 1 is 1.10 bits per heavy atom. The van der Waals surface area contributed by atoms with Crippen LogP contribution in [0, 0.1) is 6.92 Å². The van der Waals surface area contributed by atoms with Crippen LogP contribution in [0.3, 0.4) is 0 Å². The van der Waals surface area contributed by atoms with Gasteiger partial charge in [0, 0.05) is 10.7 Å². The quantitative estimate of drug-likeness (QED) is 0.350. The van der Waals surface area contributed by atoms with E-state index in [2.05, 4.69) is 20.8 Å². The molecule has 0 aliphatic heterocycles. The Balaban J connectivity index is 1.44. The number of nitrogens with one attached hydrogen (secondary N) is 2. The highest BCUT2D eigenvalue weighted by atomic mass is 35.5. The van der Waals surface area contributed by atoms with Crippen molar-refractivity contribution < 1.29 is 14.3 Å². The summed E-state index contributed by atoms with van der Waals surface area (Å²) in [6, 6.07) is 12.3. The number of nitrogens with zero attached hydrogens (tertiary/aromatic N) is 2. The number of ether oxygens (including phenoxy) is 1. The number of thioether (sulfide) groups is 1. The summed E-state index contributed by atoms with van der Waals surface area (Å²) in [5, 5.41) is 14.4. The maximum atomic E-state index is 12.1.